The van der Waals surface area contributed by atoms with Crippen LogP contribution in [0.4, 0.5) is 5.69 Å². The summed E-state index contributed by atoms with van der Waals surface area (Å²) in [4.78, 5) is 9.00. The Bertz CT molecular complexity index is 349. The first-order chi connectivity index (χ1) is 8.49. The summed E-state index contributed by atoms with van der Waals surface area (Å²) < 4.78 is 0. The molecule has 1 aromatic heterocycles. The molecule has 2 N–H and O–H groups in total. The van der Waals surface area contributed by atoms with E-state index in [1.165, 1.54) is 0 Å². The van der Waals surface area contributed by atoms with Crippen LogP contribution in [-0.2, 0) is 6.54 Å². The molecule has 0 radical (unpaired) electrons. The van der Waals surface area contributed by atoms with E-state index < -0.39 is 0 Å². The topological polar surface area (TPSA) is 45.4 Å². The number of aromatic nitrogens is 1. The molecule has 102 valence electrons. The summed E-state index contributed by atoms with van der Waals surface area (Å²) in [6, 6.07) is 3.80. The second kappa shape index (κ2) is 7.34. The second-order valence-electron chi connectivity index (χ2n) is 5.47. The van der Waals surface area contributed by atoms with E-state index in [4.69, 9.17) is 5.73 Å². The minimum absolute atomic E-state index is 0.650. The largest absolute Gasteiger partial charge is 0.397 e. The van der Waals surface area contributed by atoms with Gasteiger partial charge in [0.15, 0.2) is 0 Å². The zero-order valence-electron chi connectivity index (χ0n) is 12.1. The molecule has 0 saturated heterocycles. The Morgan fingerprint density at radius 3 is 2.56 bits per heavy atom. The summed E-state index contributed by atoms with van der Waals surface area (Å²) in [5, 5.41) is 0. The van der Waals surface area contributed by atoms with Crippen molar-refractivity contribution in [1.82, 2.24) is 14.8 Å². The summed E-state index contributed by atoms with van der Waals surface area (Å²) >= 11 is 0. The molecule has 0 amide bonds. The van der Waals surface area contributed by atoms with Crippen molar-refractivity contribution < 1.29 is 0 Å². The molecule has 0 spiro atoms. The molecule has 0 bridgehead atoms. The van der Waals surface area contributed by atoms with Crippen LogP contribution in [0.1, 0.15) is 19.5 Å². The van der Waals surface area contributed by atoms with Crippen LogP contribution in [0.2, 0.25) is 0 Å². The molecule has 4 heteroatoms. The maximum absolute atomic E-state index is 5.96. The Labute approximate surface area is 111 Å². The predicted molar refractivity (Wildman–Crippen MR) is 77.3 cm³/mol. The zero-order valence-corrected chi connectivity index (χ0v) is 12.1. The number of nitrogens with zero attached hydrogens (tertiary/aromatic N) is 3. The Balaban J connectivity index is 2.62. The van der Waals surface area contributed by atoms with Crippen molar-refractivity contribution in [2.75, 3.05) is 39.5 Å². The van der Waals surface area contributed by atoms with Gasteiger partial charge in [0.2, 0.25) is 0 Å². The van der Waals surface area contributed by atoms with Gasteiger partial charge >= 0.3 is 0 Å². The smallest absolute Gasteiger partial charge is 0.0772 e. The number of likely N-dealkylation sites (N-methyl/N-ethyl adjacent to an activating group) is 1. The standard InChI is InChI=1S/C14H26N4/c1-12(2)10-18(9-8-17(3)4)11-14-13(15)6-5-7-16-14/h5-7,12H,8-11,15H2,1-4H3. The molecule has 4 nitrogen and oxygen atoms in total. The highest BCUT2D eigenvalue weighted by Crippen LogP contribution is 2.11. The van der Waals surface area contributed by atoms with Crippen molar-refractivity contribution in [3.05, 3.63) is 24.0 Å². The van der Waals surface area contributed by atoms with Gasteiger partial charge in [0.1, 0.15) is 0 Å². The molecule has 0 aliphatic heterocycles. The van der Waals surface area contributed by atoms with Crippen LogP contribution in [0.3, 0.4) is 0 Å². The molecule has 1 heterocycles. The lowest BCUT2D eigenvalue weighted by Gasteiger charge is -2.25. The number of rotatable bonds is 7. The molecule has 0 saturated carbocycles. The zero-order chi connectivity index (χ0) is 13.5. The van der Waals surface area contributed by atoms with Crippen LogP contribution in [-0.4, -0.2) is 48.5 Å². The Hall–Kier alpha value is -1.13. The van der Waals surface area contributed by atoms with Gasteiger partial charge in [0.05, 0.1) is 11.4 Å². The number of hydrogen-bond donors (Lipinski definition) is 1. The first kappa shape index (κ1) is 14.9. The van der Waals surface area contributed by atoms with E-state index in [1.807, 2.05) is 18.3 Å². The van der Waals surface area contributed by atoms with Crippen molar-refractivity contribution in [1.29, 1.82) is 0 Å². The summed E-state index contributed by atoms with van der Waals surface area (Å²) in [6.45, 7) is 8.48. The molecular weight excluding hydrogens is 224 g/mol. The van der Waals surface area contributed by atoms with E-state index in [1.54, 1.807) is 0 Å². The number of nitrogen functional groups attached to an aromatic ring is 1. The quantitative estimate of drug-likeness (QED) is 0.800. The molecule has 0 aliphatic carbocycles. The highest BCUT2D eigenvalue weighted by atomic mass is 15.2. The van der Waals surface area contributed by atoms with Crippen LogP contribution in [0.25, 0.3) is 0 Å². The van der Waals surface area contributed by atoms with Crippen molar-refractivity contribution in [3.8, 4) is 0 Å². The van der Waals surface area contributed by atoms with E-state index in [9.17, 15) is 0 Å². The third-order valence-corrected chi connectivity index (χ3v) is 2.79. The second-order valence-corrected chi connectivity index (χ2v) is 5.47. The Morgan fingerprint density at radius 1 is 1.28 bits per heavy atom. The van der Waals surface area contributed by atoms with Gasteiger partial charge in [0, 0.05) is 32.4 Å². The van der Waals surface area contributed by atoms with Gasteiger partial charge in [-0.1, -0.05) is 13.8 Å². The van der Waals surface area contributed by atoms with Gasteiger partial charge in [0.25, 0.3) is 0 Å². The number of anilines is 1. The first-order valence-electron chi connectivity index (χ1n) is 6.55. The molecule has 0 fully saturated rings. The Kier molecular flexibility index (Phi) is 6.09. The molecule has 1 aromatic rings. The molecule has 18 heavy (non-hydrogen) atoms. The normalized spacial score (nSPS) is 11.7. The van der Waals surface area contributed by atoms with Gasteiger partial charge in [-0.3, -0.25) is 9.88 Å². The highest BCUT2D eigenvalue weighted by Gasteiger charge is 2.11. The summed E-state index contributed by atoms with van der Waals surface area (Å²) in [5.74, 6) is 0.650. The van der Waals surface area contributed by atoms with Gasteiger partial charge in [-0.2, -0.15) is 0 Å². The van der Waals surface area contributed by atoms with Gasteiger partial charge in [-0.05, 0) is 32.1 Å². The number of pyridine rings is 1. The molecule has 0 aromatic carbocycles. The fraction of sp³-hybridized carbons (Fsp3) is 0.643. The Morgan fingerprint density at radius 2 is 2.00 bits per heavy atom. The van der Waals surface area contributed by atoms with Crippen molar-refractivity contribution in [3.63, 3.8) is 0 Å². The van der Waals surface area contributed by atoms with E-state index in [2.05, 4.69) is 42.7 Å². The fourth-order valence-corrected chi connectivity index (χ4v) is 1.89. The molecule has 0 aliphatic rings. The summed E-state index contributed by atoms with van der Waals surface area (Å²) in [5.41, 5.74) is 7.73. The SMILES string of the molecule is CC(C)CN(CCN(C)C)Cc1ncccc1N. The van der Waals surface area contributed by atoms with Crippen LogP contribution >= 0.6 is 0 Å². The van der Waals surface area contributed by atoms with Crippen LogP contribution < -0.4 is 5.73 Å². The molecular formula is C14H26N4. The van der Waals surface area contributed by atoms with Gasteiger partial charge < -0.3 is 10.6 Å². The van der Waals surface area contributed by atoms with Gasteiger partial charge in [-0.25, -0.2) is 0 Å². The average molecular weight is 250 g/mol. The minimum atomic E-state index is 0.650. The minimum Gasteiger partial charge on any atom is -0.397 e. The van der Waals surface area contributed by atoms with E-state index >= 15 is 0 Å². The fourth-order valence-electron chi connectivity index (χ4n) is 1.89. The van der Waals surface area contributed by atoms with Crippen LogP contribution in [0.15, 0.2) is 18.3 Å². The summed E-state index contributed by atoms with van der Waals surface area (Å²) in [6.07, 6.45) is 1.81. The third kappa shape index (κ3) is 5.47. The average Bonchev–Trinajstić information content (AvgIpc) is 2.28. The predicted octanol–water partition coefficient (Wildman–Crippen LogP) is 1.68. The molecule has 1 rings (SSSR count). The first-order valence-corrected chi connectivity index (χ1v) is 6.55. The number of nitrogens with two attached hydrogens (primary N) is 1. The van der Waals surface area contributed by atoms with E-state index in [0.717, 1.165) is 37.6 Å². The van der Waals surface area contributed by atoms with Crippen LogP contribution in [0.5, 0.6) is 0 Å². The lowest BCUT2D eigenvalue weighted by Crippen LogP contribution is -2.34. The monoisotopic (exact) mass is 250 g/mol. The maximum atomic E-state index is 5.96. The maximum Gasteiger partial charge on any atom is 0.0772 e. The molecule has 0 unspecified atom stereocenters. The lowest BCUT2D eigenvalue weighted by molar-refractivity contribution is 0.210. The van der Waals surface area contributed by atoms with Crippen LogP contribution in [0, 0.1) is 5.92 Å². The van der Waals surface area contributed by atoms with Crippen molar-refractivity contribution in [2.45, 2.75) is 20.4 Å². The highest BCUT2D eigenvalue weighted by molar-refractivity contribution is 5.41. The summed E-state index contributed by atoms with van der Waals surface area (Å²) in [7, 11) is 4.20. The number of hydrogen-bond acceptors (Lipinski definition) is 4. The van der Waals surface area contributed by atoms with E-state index in [0.29, 0.717) is 5.92 Å². The lowest BCUT2D eigenvalue weighted by atomic mass is 10.2. The van der Waals surface area contributed by atoms with Crippen molar-refractivity contribution in [2.24, 2.45) is 5.92 Å². The van der Waals surface area contributed by atoms with Crippen molar-refractivity contribution >= 4 is 5.69 Å². The molecule has 0 atom stereocenters. The third-order valence-electron chi connectivity index (χ3n) is 2.79. The van der Waals surface area contributed by atoms with Gasteiger partial charge in [-0.15, -0.1) is 0 Å². The van der Waals surface area contributed by atoms with E-state index in [-0.39, 0.29) is 0 Å².